The molecule has 0 aromatic carbocycles. The zero-order chi connectivity index (χ0) is 13.5. The lowest BCUT2D eigenvalue weighted by molar-refractivity contribution is 0.159. The van der Waals surface area contributed by atoms with E-state index in [2.05, 4.69) is 9.80 Å². The maximum absolute atomic E-state index is 9.99. The molecule has 0 fully saturated rings. The minimum absolute atomic E-state index is 0.205. The molecule has 0 unspecified atom stereocenters. The fourth-order valence-corrected chi connectivity index (χ4v) is 1.14. The number of hydrogen-bond acceptors (Lipinski definition) is 4. The van der Waals surface area contributed by atoms with Crippen LogP contribution in [0.15, 0.2) is 12.0 Å². The summed E-state index contributed by atoms with van der Waals surface area (Å²) in [6, 6.07) is 0. The first-order valence-electron chi connectivity index (χ1n) is 6.06. The molecule has 0 heterocycles. The Hall–Kier alpha value is -0.740. The number of rotatable bonds is 7. The van der Waals surface area contributed by atoms with Gasteiger partial charge in [-0.1, -0.05) is 20.8 Å². The van der Waals surface area contributed by atoms with E-state index < -0.39 is 0 Å². The molecule has 0 amide bonds. The molecule has 0 radical (unpaired) electrons. The van der Waals surface area contributed by atoms with Crippen LogP contribution in [0.2, 0.25) is 0 Å². The second-order valence-electron chi connectivity index (χ2n) is 5.60. The van der Waals surface area contributed by atoms with Crippen LogP contribution < -0.4 is 0 Å². The van der Waals surface area contributed by atoms with Crippen molar-refractivity contribution in [3.05, 3.63) is 12.0 Å². The first-order chi connectivity index (χ1) is 7.77. The average molecular weight is 244 g/mol. The molecule has 17 heavy (non-hydrogen) atoms. The van der Waals surface area contributed by atoms with Gasteiger partial charge >= 0.3 is 0 Å². The van der Waals surface area contributed by atoms with E-state index >= 15 is 0 Å². The molecule has 0 aromatic rings. The minimum atomic E-state index is -0.205. The van der Waals surface area contributed by atoms with E-state index in [4.69, 9.17) is 4.74 Å². The number of ether oxygens (including phenoxy) is 1. The van der Waals surface area contributed by atoms with Gasteiger partial charge < -0.3 is 19.6 Å². The molecule has 102 valence electrons. The molecule has 0 aliphatic carbocycles. The van der Waals surface area contributed by atoms with Gasteiger partial charge in [0.15, 0.2) is 0 Å². The standard InChI is InChI=1S/C13H28N2O2/c1-13(2,3)12(16)11-15(9-10-17-6)8-7-14(4)5/h11,16H,7-10H2,1-6H3/b12-11-. The lowest BCUT2D eigenvalue weighted by atomic mass is 9.94. The molecule has 0 aliphatic rings. The second kappa shape index (κ2) is 7.56. The molecule has 0 aromatic heterocycles. The molecule has 0 bridgehead atoms. The summed E-state index contributed by atoms with van der Waals surface area (Å²) in [6.45, 7) is 9.30. The van der Waals surface area contributed by atoms with Gasteiger partial charge in [0, 0.05) is 38.4 Å². The van der Waals surface area contributed by atoms with Gasteiger partial charge in [-0.25, -0.2) is 0 Å². The van der Waals surface area contributed by atoms with Crippen molar-refractivity contribution < 1.29 is 9.84 Å². The van der Waals surface area contributed by atoms with E-state index in [1.807, 2.05) is 41.1 Å². The summed E-state index contributed by atoms with van der Waals surface area (Å²) in [5.74, 6) is 0.410. The van der Waals surface area contributed by atoms with E-state index in [1.54, 1.807) is 7.11 Å². The molecule has 4 nitrogen and oxygen atoms in total. The molecule has 0 atom stereocenters. The zero-order valence-electron chi connectivity index (χ0n) is 12.2. The van der Waals surface area contributed by atoms with Crippen molar-refractivity contribution in [1.29, 1.82) is 0 Å². The highest BCUT2D eigenvalue weighted by molar-refractivity contribution is 5.00. The minimum Gasteiger partial charge on any atom is -0.510 e. The summed E-state index contributed by atoms with van der Waals surface area (Å²) >= 11 is 0. The third-order valence-electron chi connectivity index (χ3n) is 2.49. The number of nitrogens with zero attached hydrogens (tertiary/aromatic N) is 2. The van der Waals surface area contributed by atoms with E-state index in [-0.39, 0.29) is 5.41 Å². The molecule has 0 aliphatic heterocycles. The van der Waals surface area contributed by atoms with Crippen LogP contribution in [0.1, 0.15) is 20.8 Å². The van der Waals surface area contributed by atoms with Gasteiger partial charge in [0.05, 0.1) is 6.61 Å². The number of hydrogen-bond donors (Lipinski definition) is 1. The molecule has 1 N–H and O–H groups in total. The smallest absolute Gasteiger partial charge is 0.113 e. The Bertz CT molecular complexity index is 232. The second-order valence-corrected chi connectivity index (χ2v) is 5.60. The Labute approximate surface area is 106 Å². The Morgan fingerprint density at radius 1 is 1.18 bits per heavy atom. The predicted octanol–water partition coefficient (Wildman–Crippen LogP) is 1.94. The molecular formula is C13H28N2O2. The number of aliphatic hydroxyl groups is 1. The maximum Gasteiger partial charge on any atom is 0.113 e. The third kappa shape index (κ3) is 8.05. The number of aliphatic hydroxyl groups excluding tert-OH is 1. The number of methoxy groups -OCH3 is 1. The third-order valence-corrected chi connectivity index (χ3v) is 2.49. The summed E-state index contributed by atoms with van der Waals surface area (Å²) < 4.78 is 5.08. The van der Waals surface area contributed by atoms with Crippen LogP contribution in [0.5, 0.6) is 0 Å². The van der Waals surface area contributed by atoms with Crippen molar-refractivity contribution in [1.82, 2.24) is 9.80 Å². The Morgan fingerprint density at radius 3 is 2.18 bits per heavy atom. The molecule has 4 heteroatoms. The topological polar surface area (TPSA) is 35.9 Å². The highest BCUT2D eigenvalue weighted by Gasteiger charge is 2.17. The monoisotopic (exact) mass is 244 g/mol. The lowest BCUT2D eigenvalue weighted by Gasteiger charge is -2.25. The molecule has 0 saturated heterocycles. The molecule has 0 saturated carbocycles. The van der Waals surface area contributed by atoms with E-state index in [0.29, 0.717) is 12.4 Å². The number of likely N-dealkylation sites (N-methyl/N-ethyl adjacent to an activating group) is 1. The van der Waals surface area contributed by atoms with E-state index in [9.17, 15) is 5.11 Å². The van der Waals surface area contributed by atoms with E-state index in [0.717, 1.165) is 19.6 Å². The summed E-state index contributed by atoms with van der Waals surface area (Å²) in [6.07, 6.45) is 1.84. The Balaban J connectivity index is 4.46. The first kappa shape index (κ1) is 16.3. The van der Waals surface area contributed by atoms with Crippen LogP contribution in [0, 0.1) is 5.41 Å². The van der Waals surface area contributed by atoms with Crippen molar-refractivity contribution in [3.8, 4) is 0 Å². The van der Waals surface area contributed by atoms with Crippen LogP contribution >= 0.6 is 0 Å². The van der Waals surface area contributed by atoms with Gasteiger partial charge in [-0.3, -0.25) is 0 Å². The van der Waals surface area contributed by atoms with Crippen LogP contribution in [-0.2, 0) is 4.74 Å². The summed E-state index contributed by atoms with van der Waals surface area (Å²) in [4.78, 5) is 4.23. The fourth-order valence-electron chi connectivity index (χ4n) is 1.14. The largest absolute Gasteiger partial charge is 0.510 e. The van der Waals surface area contributed by atoms with Crippen LogP contribution in [0.4, 0.5) is 0 Å². The highest BCUT2D eigenvalue weighted by atomic mass is 16.5. The fraction of sp³-hybridized carbons (Fsp3) is 0.846. The van der Waals surface area contributed by atoms with Crippen molar-refractivity contribution in [3.63, 3.8) is 0 Å². The van der Waals surface area contributed by atoms with Gasteiger partial charge in [0.2, 0.25) is 0 Å². The summed E-state index contributed by atoms with van der Waals surface area (Å²) in [5, 5.41) is 9.99. The Kier molecular flexibility index (Phi) is 7.23. The SMILES string of the molecule is COCCN(/C=C(\O)C(C)(C)C)CCN(C)C. The normalized spacial score (nSPS) is 13.2. The summed E-state index contributed by atoms with van der Waals surface area (Å²) in [7, 11) is 5.78. The zero-order valence-corrected chi connectivity index (χ0v) is 12.2. The molecule has 0 rings (SSSR count). The van der Waals surface area contributed by atoms with Gasteiger partial charge in [0.1, 0.15) is 5.76 Å². The van der Waals surface area contributed by atoms with Crippen molar-refractivity contribution in [2.75, 3.05) is 47.4 Å². The highest BCUT2D eigenvalue weighted by Crippen LogP contribution is 2.22. The average Bonchev–Trinajstić information content (AvgIpc) is 2.20. The van der Waals surface area contributed by atoms with Gasteiger partial charge in [-0.05, 0) is 14.1 Å². The maximum atomic E-state index is 9.99. The van der Waals surface area contributed by atoms with Crippen molar-refractivity contribution in [2.45, 2.75) is 20.8 Å². The number of allylic oxidation sites excluding steroid dienone is 1. The predicted molar refractivity (Wildman–Crippen MR) is 72.2 cm³/mol. The van der Waals surface area contributed by atoms with Gasteiger partial charge in [-0.2, -0.15) is 0 Å². The summed E-state index contributed by atoms with van der Waals surface area (Å²) in [5.41, 5.74) is -0.205. The van der Waals surface area contributed by atoms with Gasteiger partial charge in [0.25, 0.3) is 0 Å². The van der Waals surface area contributed by atoms with Gasteiger partial charge in [-0.15, -0.1) is 0 Å². The van der Waals surface area contributed by atoms with Crippen LogP contribution in [0.3, 0.4) is 0 Å². The van der Waals surface area contributed by atoms with Crippen molar-refractivity contribution >= 4 is 0 Å². The van der Waals surface area contributed by atoms with Crippen LogP contribution in [0.25, 0.3) is 0 Å². The van der Waals surface area contributed by atoms with Crippen molar-refractivity contribution in [2.24, 2.45) is 5.41 Å². The van der Waals surface area contributed by atoms with E-state index in [1.165, 1.54) is 0 Å². The molecule has 0 spiro atoms. The Morgan fingerprint density at radius 2 is 1.76 bits per heavy atom. The first-order valence-corrected chi connectivity index (χ1v) is 6.06. The lowest BCUT2D eigenvalue weighted by Crippen LogP contribution is -2.31. The quantitative estimate of drug-likeness (QED) is 0.694. The van der Waals surface area contributed by atoms with Crippen LogP contribution in [-0.4, -0.2) is 62.4 Å². The molecular weight excluding hydrogens is 216 g/mol.